The molecule has 2 N–H and O–H groups in total. The van der Waals surface area contributed by atoms with Crippen LogP contribution >= 0.6 is 0 Å². The summed E-state index contributed by atoms with van der Waals surface area (Å²) in [6, 6.07) is 21.9. The molecule has 1 saturated heterocycles. The molecule has 3 aromatic rings. The predicted octanol–water partition coefficient (Wildman–Crippen LogP) is 3.97. The Morgan fingerprint density at radius 2 is 0.871 bits per heavy atom. The van der Waals surface area contributed by atoms with Gasteiger partial charge in [-0.3, -0.25) is 9.44 Å². The normalized spacial score (nSPS) is 14.6. The highest BCUT2D eigenvalue weighted by molar-refractivity contribution is 7.93. The van der Waals surface area contributed by atoms with Crippen LogP contribution in [0.2, 0.25) is 0 Å². The summed E-state index contributed by atoms with van der Waals surface area (Å²) in [5, 5.41) is 0. The van der Waals surface area contributed by atoms with E-state index >= 15 is 0 Å². The van der Waals surface area contributed by atoms with Crippen molar-refractivity contribution in [3.05, 3.63) is 84.9 Å². The van der Waals surface area contributed by atoms with Gasteiger partial charge in [0.2, 0.25) is 5.79 Å². The summed E-state index contributed by atoms with van der Waals surface area (Å²) in [4.78, 5) is 9.09. The molecule has 31 heavy (non-hydrogen) atoms. The maximum absolute atomic E-state index is 12.3. The van der Waals surface area contributed by atoms with E-state index in [1.807, 2.05) is 13.8 Å². The first-order valence-corrected chi connectivity index (χ1v) is 12.2. The van der Waals surface area contributed by atoms with E-state index in [9.17, 15) is 16.8 Å². The molecular weight excluding hydrogens is 440 g/mol. The zero-order chi connectivity index (χ0) is 22.5. The van der Waals surface area contributed by atoms with Gasteiger partial charge in [-0.1, -0.05) is 36.4 Å². The second-order valence-electron chi connectivity index (χ2n) is 6.98. The standard InChI is InChI=1S/C18H16N2O4S2.C3H6O2/c21-25(22,17-7-3-1-4-8-17)19-15-11-13-16(14-12-15)20-26(23,24)18-9-5-2-6-10-18;1-3(2)4-5-3/h1-14,19-20H;1-2H3. The summed E-state index contributed by atoms with van der Waals surface area (Å²) in [5.74, 6) is -0.250. The van der Waals surface area contributed by atoms with Crippen molar-refractivity contribution in [2.75, 3.05) is 9.44 Å². The third kappa shape index (κ3) is 6.79. The number of nitrogens with one attached hydrogen (secondary N) is 2. The molecule has 0 aromatic heterocycles. The Morgan fingerprint density at radius 3 is 1.13 bits per heavy atom. The van der Waals surface area contributed by atoms with Crippen LogP contribution in [-0.4, -0.2) is 22.6 Å². The minimum Gasteiger partial charge on any atom is -0.280 e. The maximum Gasteiger partial charge on any atom is 0.261 e. The number of rotatable bonds is 6. The van der Waals surface area contributed by atoms with Gasteiger partial charge >= 0.3 is 0 Å². The summed E-state index contributed by atoms with van der Waals surface area (Å²) >= 11 is 0. The molecule has 4 rings (SSSR count). The Hall–Kier alpha value is -2.92. The SMILES string of the molecule is CC1(C)OO1.O=S(=O)(Nc1ccc(NS(=O)(=O)c2ccccc2)cc1)c1ccccc1. The Kier molecular flexibility index (Phi) is 6.65. The molecule has 1 fully saturated rings. The summed E-state index contributed by atoms with van der Waals surface area (Å²) in [5.41, 5.74) is 0.660. The lowest BCUT2D eigenvalue weighted by Crippen LogP contribution is -2.14. The van der Waals surface area contributed by atoms with Gasteiger partial charge in [-0.25, -0.2) is 16.8 Å². The monoisotopic (exact) mass is 462 g/mol. The molecule has 0 radical (unpaired) electrons. The van der Waals surface area contributed by atoms with Crippen LogP contribution in [0.5, 0.6) is 0 Å². The van der Waals surface area contributed by atoms with Gasteiger partial charge in [0.1, 0.15) is 0 Å². The number of sulfonamides is 2. The number of anilines is 2. The van der Waals surface area contributed by atoms with Crippen LogP contribution in [0.25, 0.3) is 0 Å². The minimum atomic E-state index is -3.69. The first-order valence-electron chi connectivity index (χ1n) is 9.20. The van der Waals surface area contributed by atoms with Gasteiger partial charge in [0, 0.05) is 11.4 Å². The second kappa shape index (κ2) is 9.06. The van der Waals surface area contributed by atoms with Gasteiger partial charge in [-0.2, -0.15) is 9.78 Å². The number of hydrogen-bond donors (Lipinski definition) is 2. The summed E-state index contributed by atoms with van der Waals surface area (Å²) < 4.78 is 54.0. The van der Waals surface area contributed by atoms with Crippen molar-refractivity contribution in [3.8, 4) is 0 Å². The Labute approximate surface area is 181 Å². The van der Waals surface area contributed by atoms with E-state index in [2.05, 4.69) is 19.2 Å². The molecule has 0 aliphatic carbocycles. The average molecular weight is 463 g/mol. The fraction of sp³-hybridized carbons (Fsp3) is 0.143. The highest BCUT2D eigenvalue weighted by Crippen LogP contribution is 2.26. The van der Waals surface area contributed by atoms with Crippen LogP contribution in [0.1, 0.15) is 13.8 Å². The van der Waals surface area contributed by atoms with Gasteiger partial charge in [0.05, 0.1) is 9.79 Å². The van der Waals surface area contributed by atoms with Gasteiger partial charge in [-0.05, 0) is 62.4 Å². The lowest BCUT2D eigenvalue weighted by Gasteiger charge is -2.10. The van der Waals surface area contributed by atoms with Crippen molar-refractivity contribution < 1.29 is 26.6 Å². The zero-order valence-corrected chi connectivity index (χ0v) is 18.5. The summed E-state index contributed by atoms with van der Waals surface area (Å²) in [6.07, 6.45) is 0. The summed E-state index contributed by atoms with van der Waals surface area (Å²) in [7, 11) is -7.39. The van der Waals surface area contributed by atoms with E-state index in [4.69, 9.17) is 0 Å². The molecule has 0 saturated carbocycles. The van der Waals surface area contributed by atoms with Crippen LogP contribution in [0.15, 0.2) is 94.7 Å². The van der Waals surface area contributed by atoms with Gasteiger partial charge in [0.25, 0.3) is 20.0 Å². The van der Waals surface area contributed by atoms with Gasteiger partial charge < -0.3 is 0 Å². The minimum absolute atomic E-state index is 0.147. The molecule has 10 heteroatoms. The van der Waals surface area contributed by atoms with E-state index in [-0.39, 0.29) is 15.6 Å². The third-order valence-corrected chi connectivity index (χ3v) is 6.71. The summed E-state index contributed by atoms with van der Waals surface area (Å²) in [6.45, 7) is 3.71. The molecular formula is C21H22N2O6S2. The number of benzene rings is 3. The van der Waals surface area contributed by atoms with Gasteiger partial charge in [-0.15, -0.1) is 0 Å². The third-order valence-electron chi connectivity index (χ3n) is 3.91. The van der Waals surface area contributed by atoms with Crippen molar-refractivity contribution in [1.82, 2.24) is 0 Å². The van der Waals surface area contributed by atoms with Crippen LogP contribution in [-0.2, 0) is 29.8 Å². The second-order valence-corrected chi connectivity index (χ2v) is 10.3. The van der Waals surface area contributed by atoms with Crippen LogP contribution < -0.4 is 9.44 Å². The van der Waals surface area contributed by atoms with Crippen molar-refractivity contribution in [2.45, 2.75) is 29.4 Å². The van der Waals surface area contributed by atoms with E-state index in [1.54, 1.807) is 36.4 Å². The fourth-order valence-corrected chi connectivity index (χ4v) is 4.48. The molecule has 0 bridgehead atoms. The van der Waals surface area contributed by atoms with Crippen LogP contribution in [0.3, 0.4) is 0 Å². The van der Waals surface area contributed by atoms with Crippen molar-refractivity contribution in [1.29, 1.82) is 0 Å². The maximum atomic E-state index is 12.3. The van der Waals surface area contributed by atoms with Crippen LogP contribution in [0.4, 0.5) is 11.4 Å². The molecule has 8 nitrogen and oxygen atoms in total. The van der Waals surface area contributed by atoms with Crippen molar-refractivity contribution >= 4 is 31.4 Å². The number of hydrogen-bond acceptors (Lipinski definition) is 6. The lowest BCUT2D eigenvalue weighted by molar-refractivity contribution is 0.0850. The predicted molar refractivity (Wildman–Crippen MR) is 117 cm³/mol. The van der Waals surface area contributed by atoms with E-state index in [0.717, 1.165) is 0 Å². The highest BCUT2D eigenvalue weighted by atomic mass is 32.2. The van der Waals surface area contributed by atoms with E-state index < -0.39 is 20.0 Å². The molecule has 164 valence electrons. The van der Waals surface area contributed by atoms with Gasteiger partial charge in [0.15, 0.2) is 0 Å². The topological polar surface area (TPSA) is 117 Å². The van der Waals surface area contributed by atoms with Crippen molar-refractivity contribution in [2.24, 2.45) is 0 Å². The van der Waals surface area contributed by atoms with E-state index in [1.165, 1.54) is 48.5 Å². The molecule has 1 aliphatic heterocycles. The highest BCUT2D eigenvalue weighted by Gasteiger charge is 2.36. The van der Waals surface area contributed by atoms with E-state index in [0.29, 0.717) is 11.4 Å². The quantitative estimate of drug-likeness (QED) is 0.423. The zero-order valence-electron chi connectivity index (χ0n) is 16.8. The lowest BCUT2D eigenvalue weighted by atomic mass is 10.3. The average Bonchev–Trinajstić information content (AvgIpc) is 3.45. The molecule has 3 aromatic carbocycles. The first-order chi connectivity index (χ1) is 14.6. The van der Waals surface area contributed by atoms with Crippen molar-refractivity contribution in [3.63, 3.8) is 0 Å². The first kappa shape index (κ1) is 22.8. The Balaban J connectivity index is 0.000000478. The molecule has 1 aliphatic rings. The Bertz CT molecular complexity index is 1120. The molecule has 0 unspecified atom stereocenters. The Morgan fingerprint density at radius 1 is 0.581 bits per heavy atom. The molecule has 0 atom stereocenters. The largest absolute Gasteiger partial charge is 0.280 e. The van der Waals surface area contributed by atoms with Crippen LogP contribution in [0, 0.1) is 0 Å². The smallest absolute Gasteiger partial charge is 0.261 e. The molecule has 1 heterocycles. The fourth-order valence-electron chi connectivity index (χ4n) is 2.32. The molecule has 0 amide bonds. The molecule has 0 spiro atoms.